The molecule has 4 aliphatic rings. The Kier molecular flexibility index (Phi) is 10.3. The van der Waals surface area contributed by atoms with Crippen LogP contribution in [-0.2, 0) is 60.4 Å². The van der Waals surface area contributed by atoms with Crippen molar-refractivity contribution in [2.75, 3.05) is 11.9 Å². The van der Waals surface area contributed by atoms with Gasteiger partial charge in [0.2, 0.25) is 12.2 Å². The van der Waals surface area contributed by atoms with Crippen molar-refractivity contribution in [3.05, 3.63) is 85.4 Å². The molecule has 0 radical (unpaired) electrons. The van der Waals surface area contributed by atoms with Crippen molar-refractivity contribution < 1.29 is 68.0 Å². The number of aliphatic hydroxyl groups excluding tert-OH is 3. The van der Waals surface area contributed by atoms with Crippen LogP contribution in [0.2, 0.25) is 0 Å². The zero-order valence-corrected chi connectivity index (χ0v) is 32.1. The van der Waals surface area contributed by atoms with E-state index in [1.807, 2.05) is 0 Å². The molecule has 2 aromatic heterocycles. The van der Waals surface area contributed by atoms with E-state index < -0.39 is 84.2 Å². The lowest BCUT2D eigenvalue weighted by molar-refractivity contribution is -0.271. The second-order valence-corrected chi connectivity index (χ2v) is 15.1. The van der Waals surface area contributed by atoms with E-state index in [9.17, 15) is 49.5 Å². The van der Waals surface area contributed by atoms with Gasteiger partial charge in [-0.3, -0.25) is 9.59 Å². The standard InChI is InChI=1S/C40H40FN5O14/c1-3-40(56)20-9-25-30-18(12-46(25)35(51)19(20)14-57-38(40)54)29-22(6-5-17-15(2)21(41)10-24(44-30)28(17)29)45-39(55)58-13-16-4-7-26(23(8-16)43-27(47)11-42)59-37-33(50)31(48)32(49)34(60-37)36(52)53/h4,7-10,22,31-34,37,48-50,56H,3,5-6,11-14,42H2,1-2H3,(H,43,47)(H,45,55)(H,52,53). The maximum absolute atomic E-state index is 15.3. The van der Waals surface area contributed by atoms with Gasteiger partial charge < -0.3 is 65.4 Å². The number of anilines is 1. The number of ether oxygens (including phenoxy) is 4. The predicted molar refractivity (Wildman–Crippen MR) is 203 cm³/mol. The lowest BCUT2D eigenvalue weighted by Crippen LogP contribution is -2.61. The number of pyridine rings is 2. The highest BCUT2D eigenvalue weighted by Crippen LogP contribution is 2.46. The molecule has 0 spiro atoms. The van der Waals surface area contributed by atoms with Crippen molar-refractivity contribution in [2.24, 2.45) is 5.73 Å². The first-order valence-electron chi connectivity index (χ1n) is 19.0. The molecule has 4 aromatic rings. The molecule has 1 fully saturated rings. The van der Waals surface area contributed by atoms with Crippen LogP contribution in [0.25, 0.3) is 22.3 Å². The van der Waals surface area contributed by atoms with Crippen LogP contribution in [0.5, 0.6) is 5.75 Å². The van der Waals surface area contributed by atoms with Crippen molar-refractivity contribution in [1.82, 2.24) is 14.9 Å². The molecule has 60 heavy (non-hydrogen) atoms. The van der Waals surface area contributed by atoms with Gasteiger partial charge in [-0.1, -0.05) is 13.0 Å². The minimum atomic E-state index is -2.06. The van der Waals surface area contributed by atoms with E-state index in [-0.39, 0.29) is 54.3 Å². The maximum Gasteiger partial charge on any atom is 0.407 e. The molecule has 8 rings (SSSR count). The van der Waals surface area contributed by atoms with Crippen LogP contribution >= 0.6 is 0 Å². The van der Waals surface area contributed by atoms with E-state index in [1.165, 1.54) is 28.8 Å². The number of aromatic nitrogens is 2. The molecular formula is C40H40FN5O14. The van der Waals surface area contributed by atoms with E-state index in [0.29, 0.717) is 57.4 Å². The average Bonchev–Trinajstić information content (AvgIpc) is 3.60. The highest BCUT2D eigenvalue weighted by Gasteiger charge is 2.49. The van der Waals surface area contributed by atoms with Crippen molar-refractivity contribution in [3.63, 3.8) is 0 Å². The van der Waals surface area contributed by atoms with Gasteiger partial charge in [-0.2, -0.15) is 0 Å². The third-order valence-electron chi connectivity index (χ3n) is 11.6. The SMILES string of the molecule is CCC1(O)C(=O)OCc2c1cc1n(c2=O)Cc2c-1nc1cc(F)c(C)c3c1c2C(NC(=O)OCc1ccc(OC2OC(C(=O)O)C(O)C(O)C2O)c(NC(=O)CN)c1)CC3. The number of esters is 1. The maximum atomic E-state index is 15.3. The number of carboxylic acid groups (broad SMARTS) is 1. The lowest BCUT2D eigenvalue weighted by Gasteiger charge is -2.38. The predicted octanol–water partition coefficient (Wildman–Crippen LogP) is 0.609. The summed E-state index contributed by atoms with van der Waals surface area (Å²) in [5.74, 6) is -3.80. The number of aryl methyl sites for hydroxylation is 1. The number of benzene rings is 2. The van der Waals surface area contributed by atoms with E-state index in [0.717, 1.165) is 0 Å². The molecule has 3 aliphatic heterocycles. The minimum Gasteiger partial charge on any atom is -0.479 e. The molecule has 0 bridgehead atoms. The number of fused-ring (bicyclic) bond motifs is 5. The van der Waals surface area contributed by atoms with Crippen LogP contribution in [0.1, 0.15) is 64.8 Å². The number of carbonyl (C=O) groups is 4. The fraction of sp³-hybridized carbons (Fsp3) is 0.400. The molecule has 316 valence electrons. The van der Waals surface area contributed by atoms with E-state index >= 15 is 4.39 Å². The van der Waals surface area contributed by atoms with Crippen LogP contribution in [-0.4, -0.2) is 96.3 Å². The van der Waals surface area contributed by atoms with Crippen LogP contribution in [0.15, 0.2) is 35.1 Å². The fourth-order valence-electron chi connectivity index (χ4n) is 8.37. The average molecular weight is 834 g/mol. The van der Waals surface area contributed by atoms with E-state index in [1.54, 1.807) is 19.9 Å². The normalized spacial score (nSPS) is 25.1. The molecule has 9 N–H and O–H groups in total. The Morgan fingerprint density at radius 2 is 1.85 bits per heavy atom. The van der Waals surface area contributed by atoms with Crippen molar-refractivity contribution in [2.45, 2.75) is 95.2 Å². The quantitative estimate of drug-likeness (QED) is 0.0944. The second kappa shape index (κ2) is 15.2. The molecule has 7 unspecified atom stereocenters. The largest absolute Gasteiger partial charge is 0.479 e. The summed E-state index contributed by atoms with van der Waals surface area (Å²) in [7, 11) is 0. The summed E-state index contributed by atoms with van der Waals surface area (Å²) in [4.78, 5) is 68.9. The zero-order valence-electron chi connectivity index (χ0n) is 32.1. The number of cyclic esters (lactones) is 1. The fourth-order valence-corrected chi connectivity index (χ4v) is 8.37. The summed E-state index contributed by atoms with van der Waals surface area (Å²) in [6.45, 7) is 2.16. The minimum absolute atomic E-state index is 0.0296. The smallest absolute Gasteiger partial charge is 0.407 e. The number of alkyl carbamates (subject to hydrolysis) is 1. The molecule has 0 saturated carbocycles. The molecule has 2 aromatic carbocycles. The number of carboxylic acids is 1. The first-order valence-corrected chi connectivity index (χ1v) is 19.0. The number of hydrogen-bond donors (Lipinski definition) is 8. The molecule has 20 heteroatoms. The summed E-state index contributed by atoms with van der Waals surface area (Å²) in [5, 5.41) is 57.5. The highest BCUT2D eigenvalue weighted by molar-refractivity contribution is 5.94. The summed E-state index contributed by atoms with van der Waals surface area (Å²) in [6.07, 6.45) is -9.74. The Balaban J connectivity index is 1.08. The first-order chi connectivity index (χ1) is 28.6. The van der Waals surface area contributed by atoms with Crippen molar-refractivity contribution in [1.29, 1.82) is 0 Å². The molecule has 1 aliphatic carbocycles. The number of aliphatic hydroxyl groups is 4. The number of nitrogens with two attached hydrogens (primary N) is 1. The van der Waals surface area contributed by atoms with Crippen molar-refractivity contribution >= 4 is 40.5 Å². The Morgan fingerprint density at radius 3 is 2.57 bits per heavy atom. The summed E-state index contributed by atoms with van der Waals surface area (Å²) < 4.78 is 38.4. The van der Waals surface area contributed by atoms with Gasteiger partial charge in [0.1, 0.15) is 43.1 Å². The summed E-state index contributed by atoms with van der Waals surface area (Å²) in [5.41, 5.74) is 6.73. The third kappa shape index (κ3) is 6.61. The van der Waals surface area contributed by atoms with Gasteiger partial charge in [-0.15, -0.1) is 0 Å². The van der Waals surface area contributed by atoms with Gasteiger partial charge in [0.05, 0.1) is 47.3 Å². The zero-order chi connectivity index (χ0) is 42.9. The Bertz CT molecular complexity index is 2560. The molecule has 1 saturated heterocycles. The van der Waals surface area contributed by atoms with Crippen LogP contribution < -0.4 is 26.7 Å². The topological polar surface area (TPSA) is 291 Å². The number of nitrogens with one attached hydrogen (secondary N) is 2. The first kappa shape index (κ1) is 40.7. The van der Waals surface area contributed by atoms with Crippen LogP contribution in [0.4, 0.5) is 14.9 Å². The third-order valence-corrected chi connectivity index (χ3v) is 11.6. The number of halogens is 1. The second-order valence-electron chi connectivity index (χ2n) is 15.1. The lowest BCUT2D eigenvalue weighted by atomic mass is 9.81. The number of nitrogens with zero attached hydrogens (tertiary/aromatic N) is 2. The Hall–Kier alpha value is -6.03. The van der Waals surface area contributed by atoms with Gasteiger partial charge in [-0.05, 0) is 66.6 Å². The Morgan fingerprint density at radius 1 is 1.08 bits per heavy atom. The number of rotatable bonds is 9. The van der Waals surface area contributed by atoms with Gasteiger partial charge >= 0.3 is 18.0 Å². The van der Waals surface area contributed by atoms with Crippen LogP contribution in [0.3, 0.4) is 0 Å². The Labute approximate surface area is 338 Å². The summed E-state index contributed by atoms with van der Waals surface area (Å²) in [6, 6.07) is 6.26. The van der Waals surface area contributed by atoms with Gasteiger partial charge in [0.25, 0.3) is 5.56 Å². The molecule has 7 atom stereocenters. The highest BCUT2D eigenvalue weighted by atomic mass is 19.1. The van der Waals surface area contributed by atoms with Gasteiger partial charge in [-0.25, -0.2) is 23.8 Å². The molecule has 2 amide bonds. The van der Waals surface area contributed by atoms with Crippen LogP contribution in [0, 0.1) is 12.7 Å². The van der Waals surface area contributed by atoms with Gasteiger partial charge in [0, 0.05) is 22.6 Å². The molecule has 19 nitrogen and oxygen atoms in total. The molecule has 5 heterocycles. The van der Waals surface area contributed by atoms with E-state index in [4.69, 9.17) is 29.7 Å². The molecular weight excluding hydrogens is 793 g/mol. The number of hydrogen-bond acceptors (Lipinski definition) is 15. The number of amides is 2. The van der Waals surface area contributed by atoms with Gasteiger partial charge in [0.15, 0.2) is 11.7 Å². The van der Waals surface area contributed by atoms with Crippen molar-refractivity contribution in [3.8, 4) is 17.1 Å². The summed E-state index contributed by atoms with van der Waals surface area (Å²) >= 11 is 0. The monoisotopic (exact) mass is 833 g/mol. The number of carbonyl (C=O) groups excluding carboxylic acids is 3. The number of aliphatic carboxylic acids is 1. The van der Waals surface area contributed by atoms with E-state index in [2.05, 4.69) is 10.6 Å².